The van der Waals surface area contributed by atoms with Crippen LogP contribution >= 0.6 is 11.8 Å². The van der Waals surface area contributed by atoms with E-state index in [1.54, 1.807) is 36.4 Å². The van der Waals surface area contributed by atoms with Crippen LogP contribution in [0.2, 0.25) is 0 Å². The summed E-state index contributed by atoms with van der Waals surface area (Å²) < 4.78 is 41.8. The quantitative estimate of drug-likeness (QED) is 0.150. The molecule has 0 aliphatic heterocycles. The molecule has 0 aliphatic rings. The molecule has 1 aromatic heterocycles. The van der Waals surface area contributed by atoms with Crippen LogP contribution in [-0.4, -0.2) is 26.1 Å². The van der Waals surface area contributed by atoms with Crippen molar-refractivity contribution in [2.24, 2.45) is 0 Å². The van der Waals surface area contributed by atoms with E-state index in [-0.39, 0.29) is 16.5 Å². The number of para-hydroxylation sites is 1. The zero-order valence-corrected chi connectivity index (χ0v) is 20.3. The van der Waals surface area contributed by atoms with Gasteiger partial charge in [0.05, 0.1) is 38.5 Å². The number of rotatable bonds is 6. The molecule has 1 N–H and O–H groups in total. The van der Waals surface area contributed by atoms with Gasteiger partial charge in [-0.3, -0.25) is 24.3 Å². The number of nitrogens with one attached hydrogen (secondary N) is 1. The van der Waals surface area contributed by atoms with Crippen molar-refractivity contribution < 1.29 is 22.9 Å². The molecule has 0 atom stereocenters. The number of anilines is 1. The van der Waals surface area contributed by atoms with Crippen LogP contribution < -0.4 is 10.9 Å². The van der Waals surface area contributed by atoms with Gasteiger partial charge in [-0.1, -0.05) is 30.0 Å². The standard InChI is InChI=1S/C25H19F3N4O4S/c1-14-9-15(2)11-17(10-14)31-23(34)18-5-3-4-6-20(18)30-24(31)37-13-22(33)29-21-8-7-16(32(35)36)12-19(21)25(26,27)28/h3-12H,13H2,1-2H3,(H,29,33). The van der Waals surface area contributed by atoms with E-state index >= 15 is 0 Å². The highest BCUT2D eigenvalue weighted by Gasteiger charge is 2.35. The highest BCUT2D eigenvalue weighted by molar-refractivity contribution is 7.99. The van der Waals surface area contributed by atoms with Crippen molar-refractivity contribution in [3.8, 4) is 5.69 Å². The van der Waals surface area contributed by atoms with Crippen LogP contribution in [0, 0.1) is 24.0 Å². The fraction of sp³-hybridized carbons (Fsp3) is 0.160. The second kappa shape index (κ2) is 10.1. The molecule has 0 fully saturated rings. The molecular formula is C25H19F3N4O4S. The third-order valence-corrected chi connectivity index (χ3v) is 6.27. The fourth-order valence-corrected chi connectivity index (χ4v) is 4.64. The van der Waals surface area contributed by atoms with Crippen LogP contribution in [-0.2, 0) is 11.0 Å². The van der Waals surface area contributed by atoms with Gasteiger partial charge in [0.2, 0.25) is 5.91 Å². The maximum absolute atomic E-state index is 13.5. The summed E-state index contributed by atoms with van der Waals surface area (Å²) in [6.45, 7) is 3.75. The first-order valence-electron chi connectivity index (χ1n) is 10.8. The van der Waals surface area contributed by atoms with E-state index in [0.717, 1.165) is 35.0 Å². The van der Waals surface area contributed by atoms with Crippen LogP contribution in [0.15, 0.2) is 70.6 Å². The number of nitro benzene ring substituents is 1. The molecule has 4 rings (SSSR count). The molecule has 1 amide bonds. The molecular weight excluding hydrogens is 509 g/mol. The first kappa shape index (κ1) is 25.9. The van der Waals surface area contributed by atoms with Gasteiger partial charge < -0.3 is 5.32 Å². The van der Waals surface area contributed by atoms with E-state index in [9.17, 15) is 32.9 Å². The monoisotopic (exact) mass is 528 g/mol. The molecule has 0 saturated heterocycles. The van der Waals surface area contributed by atoms with E-state index in [1.807, 2.05) is 19.9 Å². The minimum atomic E-state index is -4.93. The predicted molar refractivity (Wildman–Crippen MR) is 134 cm³/mol. The molecule has 0 bridgehead atoms. The van der Waals surface area contributed by atoms with Crippen molar-refractivity contribution in [2.75, 3.05) is 11.1 Å². The average Bonchev–Trinajstić information content (AvgIpc) is 2.81. The summed E-state index contributed by atoms with van der Waals surface area (Å²) in [5.74, 6) is -1.18. The Morgan fingerprint density at radius 3 is 2.41 bits per heavy atom. The van der Waals surface area contributed by atoms with Crippen molar-refractivity contribution in [2.45, 2.75) is 25.2 Å². The summed E-state index contributed by atoms with van der Waals surface area (Å²) in [4.78, 5) is 40.5. The van der Waals surface area contributed by atoms with Gasteiger partial charge in [-0.25, -0.2) is 4.98 Å². The second-order valence-electron chi connectivity index (χ2n) is 8.22. The van der Waals surface area contributed by atoms with Crippen LogP contribution in [0.5, 0.6) is 0 Å². The fourth-order valence-electron chi connectivity index (χ4n) is 3.82. The maximum atomic E-state index is 13.5. The zero-order chi connectivity index (χ0) is 26.9. The molecule has 190 valence electrons. The maximum Gasteiger partial charge on any atom is 0.418 e. The normalized spacial score (nSPS) is 11.5. The summed E-state index contributed by atoms with van der Waals surface area (Å²) in [5.41, 5.74) is -0.295. The van der Waals surface area contributed by atoms with Crippen molar-refractivity contribution in [3.05, 3.63) is 97.8 Å². The van der Waals surface area contributed by atoms with Gasteiger partial charge >= 0.3 is 6.18 Å². The number of fused-ring (bicyclic) bond motifs is 1. The minimum Gasteiger partial charge on any atom is -0.325 e. The van der Waals surface area contributed by atoms with Crippen LogP contribution in [0.3, 0.4) is 0 Å². The summed E-state index contributed by atoms with van der Waals surface area (Å²) in [6.07, 6.45) is -4.93. The molecule has 0 saturated carbocycles. The number of non-ortho nitro benzene ring substituents is 1. The Morgan fingerprint density at radius 2 is 1.76 bits per heavy atom. The Bertz CT molecular complexity index is 1580. The van der Waals surface area contributed by atoms with Crippen molar-refractivity contribution in [1.29, 1.82) is 0 Å². The number of amides is 1. The third-order valence-electron chi connectivity index (χ3n) is 5.34. The summed E-state index contributed by atoms with van der Waals surface area (Å²) >= 11 is 0.882. The predicted octanol–water partition coefficient (Wildman–Crippen LogP) is 5.66. The highest BCUT2D eigenvalue weighted by Crippen LogP contribution is 2.37. The third kappa shape index (κ3) is 5.64. The summed E-state index contributed by atoms with van der Waals surface area (Å²) in [6, 6.07) is 14.3. The molecule has 0 radical (unpaired) electrons. The Hall–Kier alpha value is -4.19. The van der Waals surface area contributed by atoms with E-state index < -0.39 is 33.9 Å². The smallest absolute Gasteiger partial charge is 0.325 e. The lowest BCUT2D eigenvalue weighted by Crippen LogP contribution is -2.23. The molecule has 8 nitrogen and oxygen atoms in total. The summed E-state index contributed by atoms with van der Waals surface area (Å²) in [7, 11) is 0. The first-order chi connectivity index (χ1) is 17.4. The number of carbonyl (C=O) groups excluding carboxylic acids is 1. The first-order valence-corrected chi connectivity index (χ1v) is 11.8. The van der Waals surface area contributed by atoms with Crippen LogP contribution in [0.1, 0.15) is 16.7 Å². The van der Waals surface area contributed by atoms with E-state index in [4.69, 9.17) is 0 Å². The van der Waals surface area contributed by atoms with Crippen LogP contribution in [0.25, 0.3) is 16.6 Å². The van der Waals surface area contributed by atoms with Gasteiger partial charge in [0.1, 0.15) is 0 Å². The van der Waals surface area contributed by atoms with E-state index in [2.05, 4.69) is 10.3 Å². The largest absolute Gasteiger partial charge is 0.418 e. The molecule has 0 unspecified atom stereocenters. The number of thioether (sulfide) groups is 1. The number of aryl methyl sites for hydroxylation is 2. The Morgan fingerprint density at radius 1 is 1.08 bits per heavy atom. The van der Waals surface area contributed by atoms with Gasteiger partial charge in [0, 0.05) is 12.1 Å². The van der Waals surface area contributed by atoms with Crippen LogP contribution in [0.4, 0.5) is 24.5 Å². The molecule has 12 heteroatoms. The summed E-state index contributed by atoms with van der Waals surface area (Å²) in [5, 5.41) is 13.6. The lowest BCUT2D eigenvalue weighted by Gasteiger charge is -2.15. The lowest BCUT2D eigenvalue weighted by molar-refractivity contribution is -0.385. The Labute approximate surface area is 212 Å². The van der Waals surface area contributed by atoms with E-state index in [0.29, 0.717) is 22.7 Å². The molecule has 37 heavy (non-hydrogen) atoms. The van der Waals surface area contributed by atoms with Gasteiger partial charge in [-0.2, -0.15) is 13.2 Å². The minimum absolute atomic E-state index is 0.184. The SMILES string of the molecule is Cc1cc(C)cc(-n2c(SCC(=O)Nc3ccc([N+](=O)[O-])cc3C(F)(F)F)nc3ccccc3c2=O)c1. The number of carbonyl (C=O) groups is 1. The molecule has 1 heterocycles. The van der Waals surface area contributed by atoms with Crippen molar-refractivity contribution >= 4 is 39.9 Å². The number of hydrogen-bond acceptors (Lipinski definition) is 6. The van der Waals surface area contributed by atoms with Crippen molar-refractivity contribution in [3.63, 3.8) is 0 Å². The molecule has 0 aliphatic carbocycles. The number of benzene rings is 3. The second-order valence-corrected chi connectivity index (χ2v) is 9.16. The molecule has 4 aromatic rings. The number of halogens is 3. The van der Waals surface area contributed by atoms with Gasteiger partial charge in [0.25, 0.3) is 11.2 Å². The van der Waals surface area contributed by atoms with Gasteiger partial charge in [-0.15, -0.1) is 0 Å². The zero-order valence-electron chi connectivity index (χ0n) is 19.5. The number of nitrogens with zero attached hydrogens (tertiary/aromatic N) is 3. The topological polar surface area (TPSA) is 107 Å². The lowest BCUT2D eigenvalue weighted by atomic mass is 10.1. The van der Waals surface area contributed by atoms with Crippen molar-refractivity contribution in [1.82, 2.24) is 9.55 Å². The Kier molecular flexibility index (Phi) is 7.03. The number of aromatic nitrogens is 2. The highest BCUT2D eigenvalue weighted by atomic mass is 32.2. The molecule has 0 spiro atoms. The van der Waals surface area contributed by atoms with Gasteiger partial charge in [-0.05, 0) is 55.3 Å². The average molecular weight is 529 g/mol. The van der Waals surface area contributed by atoms with Gasteiger partial charge in [0.15, 0.2) is 5.16 Å². The number of alkyl halides is 3. The molecule has 3 aromatic carbocycles. The number of nitro groups is 1. The Balaban J connectivity index is 1.68. The number of hydrogen-bond donors (Lipinski definition) is 1. The van der Waals surface area contributed by atoms with E-state index in [1.165, 1.54) is 4.57 Å².